The molecule has 7 heteroatoms. The molecule has 0 aromatic carbocycles. The van der Waals surface area contributed by atoms with Gasteiger partial charge < -0.3 is 9.64 Å². The number of anilines is 1. The minimum Gasteiger partial charge on any atom is -0.383 e. The number of sulfonamides is 1. The molecular formula is C15H25N3O3S. The molecular weight excluding hydrogens is 302 g/mol. The van der Waals surface area contributed by atoms with Gasteiger partial charge in [0.05, 0.1) is 12.4 Å². The number of methoxy groups -OCH3 is 1. The maximum Gasteiger partial charge on any atom is 0.214 e. The zero-order chi connectivity index (χ0) is 16.2. The molecule has 0 amide bonds. The van der Waals surface area contributed by atoms with Crippen LogP contribution in [0.15, 0.2) is 12.1 Å². The van der Waals surface area contributed by atoms with Crippen LogP contribution in [-0.4, -0.2) is 56.8 Å². The molecule has 0 radical (unpaired) electrons. The van der Waals surface area contributed by atoms with E-state index in [1.807, 2.05) is 26.0 Å². The first-order chi connectivity index (χ1) is 10.5. The first kappa shape index (κ1) is 17.2. The van der Waals surface area contributed by atoms with Crippen LogP contribution >= 0.6 is 0 Å². The van der Waals surface area contributed by atoms with Crippen molar-refractivity contribution >= 4 is 15.8 Å². The molecule has 0 saturated heterocycles. The highest BCUT2D eigenvalue weighted by Crippen LogP contribution is 2.25. The van der Waals surface area contributed by atoms with E-state index < -0.39 is 10.0 Å². The van der Waals surface area contributed by atoms with Crippen molar-refractivity contribution in [3.8, 4) is 0 Å². The third kappa shape index (κ3) is 3.97. The highest BCUT2D eigenvalue weighted by Gasteiger charge is 2.27. The Morgan fingerprint density at radius 2 is 2.09 bits per heavy atom. The highest BCUT2D eigenvalue weighted by molar-refractivity contribution is 7.89. The van der Waals surface area contributed by atoms with Gasteiger partial charge in [-0.2, -0.15) is 4.31 Å². The Bertz CT molecular complexity index is 604. The van der Waals surface area contributed by atoms with E-state index in [1.54, 1.807) is 11.4 Å². The Balaban J connectivity index is 2.31. The van der Waals surface area contributed by atoms with E-state index in [9.17, 15) is 8.42 Å². The van der Waals surface area contributed by atoms with Crippen LogP contribution in [-0.2, 0) is 21.3 Å². The van der Waals surface area contributed by atoms with Crippen LogP contribution in [0.4, 0.5) is 5.82 Å². The first-order valence-electron chi connectivity index (χ1n) is 7.66. The molecule has 1 aliphatic heterocycles. The zero-order valence-corrected chi connectivity index (χ0v) is 14.4. The van der Waals surface area contributed by atoms with Gasteiger partial charge >= 0.3 is 0 Å². The molecule has 6 nitrogen and oxygen atoms in total. The summed E-state index contributed by atoms with van der Waals surface area (Å²) in [6, 6.07) is 3.92. The number of hydrogen-bond donors (Lipinski definition) is 0. The maximum absolute atomic E-state index is 12.4. The van der Waals surface area contributed by atoms with Crippen molar-refractivity contribution in [1.82, 2.24) is 9.29 Å². The number of aryl methyl sites for hydroxylation is 1. The molecule has 0 spiro atoms. The third-order valence-corrected chi connectivity index (χ3v) is 5.80. The molecule has 0 unspecified atom stereocenters. The van der Waals surface area contributed by atoms with E-state index in [-0.39, 0.29) is 5.75 Å². The van der Waals surface area contributed by atoms with Crippen molar-refractivity contribution in [2.45, 2.75) is 26.8 Å². The molecule has 124 valence electrons. The summed E-state index contributed by atoms with van der Waals surface area (Å²) in [6.07, 6.45) is 0.630. The van der Waals surface area contributed by atoms with Gasteiger partial charge in [-0.15, -0.1) is 0 Å². The number of rotatable bonds is 6. The summed E-state index contributed by atoms with van der Waals surface area (Å²) in [5.74, 6) is 1.07. The summed E-state index contributed by atoms with van der Waals surface area (Å²) in [7, 11) is -1.54. The third-order valence-electron chi connectivity index (χ3n) is 3.78. The molecule has 1 aromatic rings. The molecule has 0 bridgehead atoms. The van der Waals surface area contributed by atoms with Crippen molar-refractivity contribution < 1.29 is 13.2 Å². The van der Waals surface area contributed by atoms with Gasteiger partial charge in [0.1, 0.15) is 5.82 Å². The van der Waals surface area contributed by atoms with Crippen LogP contribution in [0.1, 0.15) is 24.6 Å². The van der Waals surface area contributed by atoms with Crippen LogP contribution < -0.4 is 4.90 Å². The van der Waals surface area contributed by atoms with Crippen molar-refractivity contribution in [3.63, 3.8) is 0 Å². The fourth-order valence-electron chi connectivity index (χ4n) is 2.62. The van der Waals surface area contributed by atoms with E-state index in [4.69, 9.17) is 4.74 Å². The predicted octanol–water partition coefficient (Wildman–Crippen LogP) is 1.40. The van der Waals surface area contributed by atoms with Gasteiger partial charge in [0.2, 0.25) is 10.0 Å². The predicted molar refractivity (Wildman–Crippen MR) is 87.6 cm³/mol. The van der Waals surface area contributed by atoms with Gasteiger partial charge in [0.25, 0.3) is 0 Å². The normalized spacial score (nSPS) is 16.4. The maximum atomic E-state index is 12.4. The number of fused-ring (bicyclic) bond motifs is 1. The lowest BCUT2D eigenvalue weighted by Crippen LogP contribution is -2.37. The molecule has 0 N–H and O–H groups in total. The second-order valence-electron chi connectivity index (χ2n) is 5.56. The molecule has 1 aromatic heterocycles. The Morgan fingerprint density at radius 1 is 1.32 bits per heavy atom. The van der Waals surface area contributed by atoms with Crippen molar-refractivity contribution in [2.24, 2.45) is 0 Å². The molecule has 0 saturated carbocycles. The summed E-state index contributed by atoms with van der Waals surface area (Å²) >= 11 is 0. The quantitative estimate of drug-likeness (QED) is 0.790. The van der Waals surface area contributed by atoms with Gasteiger partial charge in [-0.25, -0.2) is 13.4 Å². The van der Waals surface area contributed by atoms with Gasteiger partial charge in [-0.05, 0) is 19.4 Å². The van der Waals surface area contributed by atoms with Crippen molar-refractivity contribution in [3.05, 3.63) is 23.4 Å². The molecule has 0 atom stereocenters. The summed E-state index contributed by atoms with van der Waals surface area (Å²) in [5.41, 5.74) is 1.89. The van der Waals surface area contributed by atoms with Gasteiger partial charge in [0, 0.05) is 44.5 Å². The minimum absolute atomic E-state index is 0.194. The summed E-state index contributed by atoms with van der Waals surface area (Å²) in [4.78, 5) is 6.74. The summed E-state index contributed by atoms with van der Waals surface area (Å²) in [6.45, 7) is 6.66. The number of pyridine rings is 1. The van der Waals surface area contributed by atoms with E-state index in [0.29, 0.717) is 39.2 Å². The van der Waals surface area contributed by atoms with Gasteiger partial charge in [-0.1, -0.05) is 13.0 Å². The average Bonchev–Trinajstić information content (AvgIpc) is 2.65. The second kappa shape index (κ2) is 7.39. The minimum atomic E-state index is -3.21. The number of ether oxygens (including phenoxy) is 1. The fourth-order valence-corrected chi connectivity index (χ4v) is 4.09. The summed E-state index contributed by atoms with van der Waals surface area (Å²) < 4.78 is 31.5. The van der Waals surface area contributed by atoms with Crippen LogP contribution in [0.25, 0.3) is 0 Å². The molecule has 22 heavy (non-hydrogen) atoms. The van der Waals surface area contributed by atoms with Crippen molar-refractivity contribution in [2.75, 3.05) is 44.0 Å². The standard InChI is InChI=1S/C15H25N3O3S/c1-4-11-22(19,20)18-8-7-17(9-10-21-3)15-14(12-18)6-5-13(2)16-15/h5-6H,4,7-12H2,1-3H3. The molecule has 2 heterocycles. The van der Waals surface area contributed by atoms with Crippen LogP contribution in [0.5, 0.6) is 0 Å². The second-order valence-corrected chi connectivity index (χ2v) is 7.65. The van der Waals surface area contributed by atoms with Crippen LogP contribution in [0, 0.1) is 6.92 Å². The molecule has 1 aliphatic rings. The smallest absolute Gasteiger partial charge is 0.214 e. The Hall–Kier alpha value is -1.18. The largest absolute Gasteiger partial charge is 0.383 e. The average molecular weight is 327 g/mol. The molecule has 2 rings (SSSR count). The van der Waals surface area contributed by atoms with E-state index in [1.165, 1.54) is 0 Å². The lowest BCUT2D eigenvalue weighted by Gasteiger charge is -2.23. The number of aromatic nitrogens is 1. The number of nitrogens with zero attached hydrogens (tertiary/aromatic N) is 3. The lowest BCUT2D eigenvalue weighted by atomic mass is 10.2. The van der Waals surface area contributed by atoms with Crippen molar-refractivity contribution in [1.29, 1.82) is 0 Å². The van der Waals surface area contributed by atoms with Crippen LogP contribution in [0.3, 0.4) is 0 Å². The van der Waals surface area contributed by atoms with Gasteiger partial charge in [0.15, 0.2) is 0 Å². The SMILES string of the molecule is CCCS(=O)(=O)N1CCN(CCOC)c2nc(C)ccc2C1. The Kier molecular flexibility index (Phi) is 5.77. The van der Waals surface area contributed by atoms with Crippen LogP contribution in [0.2, 0.25) is 0 Å². The monoisotopic (exact) mass is 327 g/mol. The number of hydrogen-bond acceptors (Lipinski definition) is 5. The van der Waals surface area contributed by atoms with E-state index in [2.05, 4.69) is 9.88 Å². The highest BCUT2D eigenvalue weighted by atomic mass is 32.2. The Morgan fingerprint density at radius 3 is 2.77 bits per heavy atom. The molecule has 0 aliphatic carbocycles. The Labute approximate surface area is 133 Å². The fraction of sp³-hybridized carbons (Fsp3) is 0.667. The summed E-state index contributed by atoms with van der Waals surface area (Å²) in [5, 5.41) is 0. The topological polar surface area (TPSA) is 62.7 Å². The van der Waals surface area contributed by atoms with Gasteiger partial charge in [-0.3, -0.25) is 0 Å². The zero-order valence-electron chi connectivity index (χ0n) is 13.6. The van der Waals surface area contributed by atoms with E-state index >= 15 is 0 Å². The lowest BCUT2D eigenvalue weighted by molar-refractivity contribution is 0.205. The first-order valence-corrected chi connectivity index (χ1v) is 9.27. The van der Waals surface area contributed by atoms with E-state index in [0.717, 1.165) is 17.1 Å². The molecule has 0 fully saturated rings.